The van der Waals surface area contributed by atoms with Crippen molar-refractivity contribution >= 4 is 28.4 Å². The van der Waals surface area contributed by atoms with Gasteiger partial charge in [-0.2, -0.15) is 0 Å². The zero-order valence-corrected chi connectivity index (χ0v) is 11.8. The van der Waals surface area contributed by atoms with Crippen LogP contribution in [0, 0.1) is 5.41 Å². The fourth-order valence-electron chi connectivity index (χ4n) is 1.48. The van der Waals surface area contributed by atoms with E-state index in [1.165, 1.54) is 11.8 Å². The van der Waals surface area contributed by atoms with Crippen LogP contribution in [0.25, 0.3) is 10.9 Å². The number of thioether (sulfide) groups is 1. The van der Waals surface area contributed by atoms with E-state index in [9.17, 15) is 4.79 Å². The molecule has 2 nitrogen and oxygen atoms in total. The Morgan fingerprint density at radius 3 is 2.61 bits per heavy atom. The third-order valence-electron chi connectivity index (χ3n) is 2.76. The van der Waals surface area contributed by atoms with Crippen LogP contribution < -0.4 is 0 Å². The zero-order valence-electron chi connectivity index (χ0n) is 10.9. The lowest BCUT2D eigenvalue weighted by Gasteiger charge is -2.15. The van der Waals surface area contributed by atoms with Crippen LogP contribution in [0.15, 0.2) is 41.4 Å². The number of fused-ring (bicyclic) bond motifs is 1. The van der Waals surface area contributed by atoms with E-state index < -0.39 is 0 Å². The number of hydrogen-bond donors (Lipinski definition) is 0. The first kappa shape index (κ1) is 13.1. The number of pyridine rings is 1. The molecule has 94 valence electrons. The van der Waals surface area contributed by atoms with Crippen molar-refractivity contribution < 1.29 is 4.79 Å². The Labute approximate surface area is 112 Å². The topological polar surface area (TPSA) is 30.0 Å². The predicted octanol–water partition coefficient (Wildman–Crippen LogP) is 3.94. The number of hydrogen-bond acceptors (Lipinski definition) is 3. The van der Waals surface area contributed by atoms with Crippen LogP contribution in [0.5, 0.6) is 0 Å². The summed E-state index contributed by atoms with van der Waals surface area (Å²) in [5.74, 6) is 0.733. The summed E-state index contributed by atoms with van der Waals surface area (Å²) in [6.07, 6.45) is 0. The van der Waals surface area contributed by atoms with Gasteiger partial charge in [-0.05, 0) is 12.1 Å². The Bertz CT molecular complexity index is 572. The molecule has 0 amide bonds. The highest BCUT2D eigenvalue weighted by Crippen LogP contribution is 2.23. The van der Waals surface area contributed by atoms with Crippen LogP contribution >= 0.6 is 11.8 Å². The molecule has 0 fully saturated rings. The van der Waals surface area contributed by atoms with Crippen LogP contribution in [0.2, 0.25) is 0 Å². The lowest BCUT2D eigenvalue weighted by atomic mass is 9.92. The summed E-state index contributed by atoms with van der Waals surface area (Å²) in [5.41, 5.74) is 0.704. The van der Waals surface area contributed by atoms with Gasteiger partial charge in [-0.1, -0.05) is 56.8 Å². The van der Waals surface area contributed by atoms with Crippen LogP contribution in [0.1, 0.15) is 20.8 Å². The van der Waals surface area contributed by atoms with E-state index in [1.54, 1.807) is 0 Å². The summed E-state index contributed by atoms with van der Waals surface area (Å²) in [6, 6.07) is 12.0. The zero-order chi connectivity index (χ0) is 13.2. The van der Waals surface area contributed by atoms with Gasteiger partial charge in [0.15, 0.2) is 0 Å². The summed E-state index contributed by atoms with van der Waals surface area (Å²) in [5, 5.41) is 2.04. The largest absolute Gasteiger partial charge is 0.298 e. The maximum absolute atomic E-state index is 11.9. The molecule has 0 radical (unpaired) electrons. The average Bonchev–Trinajstić information content (AvgIpc) is 2.34. The number of rotatable bonds is 3. The third kappa shape index (κ3) is 3.10. The number of aromatic nitrogens is 1. The molecule has 0 aliphatic carbocycles. The Morgan fingerprint density at radius 2 is 1.89 bits per heavy atom. The minimum atomic E-state index is -0.274. The third-order valence-corrected chi connectivity index (χ3v) is 3.69. The van der Waals surface area contributed by atoms with Gasteiger partial charge in [0, 0.05) is 10.8 Å². The van der Waals surface area contributed by atoms with Gasteiger partial charge < -0.3 is 0 Å². The normalized spacial score (nSPS) is 11.7. The molecule has 2 aromatic rings. The maximum Gasteiger partial charge on any atom is 0.148 e. The smallest absolute Gasteiger partial charge is 0.148 e. The molecule has 1 aromatic carbocycles. The predicted molar refractivity (Wildman–Crippen MR) is 76.9 cm³/mol. The minimum Gasteiger partial charge on any atom is -0.298 e. The van der Waals surface area contributed by atoms with E-state index in [2.05, 4.69) is 4.98 Å². The Morgan fingerprint density at radius 1 is 1.17 bits per heavy atom. The first-order valence-corrected chi connectivity index (χ1v) is 6.97. The molecule has 0 N–H and O–H groups in total. The highest BCUT2D eigenvalue weighted by Gasteiger charge is 2.20. The molecule has 18 heavy (non-hydrogen) atoms. The highest BCUT2D eigenvalue weighted by atomic mass is 32.2. The summed E-state index contributed by atoms with van der Waals surface area (Å²) < 4.78 is 0. The first-order valence-electron chi connectivity index (χ1n) is 5.99. The standard InChI is InChI=1S/C15H17NOS/c1-15(2,3)13(17)10-18-14-9-8-11-6-4-5-7-12(11)16-14/h4-9H,10H2,1-3H3. The molecule has 0 saturated carbocycles. The van der Waals surface area contributed by atoms with Crippen LogP contribution in [0.3, 0.4) is 0 Å². The number of ketones is 1. The lowest BCUT2D eigenvalue weighted by molar-refractivity contribution is -0.123. The molecule has 0 atom stereocenters. The van der Waals surface area contributed by atoms with Crippen molar-refractivity contribution in [2.45, 2.75) is 25.8 Å². The Balaban J connectivity index is 2.11. The monoisotopic (exact) mass is 259 g/mol. The molecule has 0 unspecified atom stereocenters. The van der Waals surface area contributed by atoms with Crippen LogP contribution in [0.4, 0.5) is 0 Å². The van der Waals surface area contributed by atoms with E-state index in [-0.39, 0.29) is 11.2 Å². The van der Waals surface area contributed by atoms with Gasteiger partial charge in [-0.3, -0.25) is 4.79 Å². The number of nitrogens with zero attached hydrogens (tertiary/aromatic N) is 1. The number of Topliss-reactive ketones (excluding diaryl/α,β-unsaturated/α-hetero) is 1. The molecule has 0 bridgehead atoms. The highest BCUT2D eigenvalue weighted by molar-refractivity contribution is 7.99. The molecular weight excluding hydrogens is 242 g/mol. The molecule has 3 heteroatoms. The second-order valence-electron chi connectivity index (χ2n) is 5.30. The number of carbonyl (C=O) groups excluding carboxylic acids is 1. The van der Waals surface area contributed by atoms with Gasteiger partial charge >= 0.3 is 0 Å². The van der Waals surface area contributed by atoms with Crippen molar-refractivity contribution in [2.75, 3.05) is 5.75 Å². The van der Waals surface area contributed by atoms with Crippen LogP contribution in [-0.4, -0.2) is 16.5 Å². The van der Waals surface area contributed by atoms with E-state index >= 15 is 0 Å². The summed E-state index contributed by atoms with van der Waals surface area (Å²) in [7, 11) is 0. The van der Waals surface area contributed by atoms with E-state index in [0.717, 1.165) is 15.9 Å². The van der Waals surface area contributed by atoms with E-state index in [4.69, 9.17) is 0 Å². The van der Waals surface area contributed by atoms with Crippen LogP contribution in [-0.2, 0) is 4.79 Å². The Hall–Kier alpha value is -1.35. The quantitative estimate of drug-likeness (QED) is 0.782. The summed E-state index contributed by atoms with van der Waals surface area (Å²) >= 11 is 1.51. The molecular formula is C15H17NOS. The van der Waals surface area contributed by atoms with Gasteiger partial charge in [0.1, 0.15) is 5.78 Å². The summed E-state index contributed by atoms with van der Waals surface area (Å²) in [4.78, 5) is 16.4. The minimum absolute atomic E-state index is 0.252. The number of carbonyl (C=O) groups is 1. The van der Waals surface area contributed by atoms with Crippen molar-refractivity contribution in [3.8, 4) is 0 Å². The van der Waals surface area contributed by atoms with Gasteiger partial charge in [0.25, 0.3) is 0 Å². The lowest BCUT2D eigenvalue weighted by Crippen LogP contribution is -2.22. The molecule has 0 spiro atoms. The van der Waals surface area contributed by atoms with E-state index in [1.807, 2.05) is 57.2 Å². The SMILES string of the molecule is CC(C)(C)C(=O)CSc1ccc2ccccc2n1. The molecule has 1 heterocycles. The average molecular weight is 259 g/mol. The van der Waals surface area contributed by atoms with Gasteiger partial charge in [-0.15, -0.1) is 0 Å². The van der Waals surface area contributed by atoms with Crippen molar-refractivity contribution in [3.05, 3.63) is 36.4 Å². The summed E-state index contributed by atoms with van der Waals surface area (Å²) in [6.45, 7) is 5.84. The Kier molecular flexibility index (Phi) is 3.71. The van der Waals surface area contributed by atoms with Crippen molar-refractivity contribution in [2.24, 2.45) is 5.41 Å². The van der Waals surface area contributed by atoms with Gasteiger partial charge in [-0.25, -0.2) is 4.98 Å². The molecule has 0 aliphatic rings. The van der Waals surface area contributed by atoms with Crippen molar-refractivity contribution in [1.29, 1.82) is 0 Å². The fourth-order valence-corrected chi connectivity index (χ4v) is 2.52. The number of benzene rings is 1. The van der Waals surface area contributed by atoms with Gasteiger partial charge in [0.05, 0.1) is 16.3 Å². The maximum atomic E-state index is 11.9. The van der Waals surface area contributed by atoms with Crippen molar-refractivity contribution in [3.63, 3.8) is 0 Å². The fraction of sp³-hybridized carbons (Fsp3) is 0.333. The second kappa shape index (κ2) is 5.11. The molecule has 0 saturated heterocycles. The number of para-hydroxylation sites is 1. The van der Waals surface area contributed by atoms with E-state index in [0.29, 0.717) is 5.75 Å². The first-order chi connectivity index (χ1) is 8.47. The van der Waals surface area contributed by atoms with Gasteiger partial charge in [0.2, 0.25) is 0 Å². The second-order valence-corrected chi connectivity index (χ2v) is 6.30. The van der Waals surface area contributed by atoms with Crippen molar-refractivity contribution in [1.82, 2.24) is 4.98 Å². The molecule has 1 aromatic heterocycles. The molecule has 2 rings (SSSR count). The molecule has 0 aliphatic heterocycles.